The molecule has 0 spiro atoms. The maximum Gasteiger partial charge on any atom is 0.500 e. The summed E-state index contributed by atoms with van der Waals surface area (Å²) in [4.78, 5) is 11.5. The summed E-state index contributed by atoms with van der Waals surface area (Å²) in [6.45, 7) is 10.1. The van der Waals surface area contributed by atoms with Gasteiger partial charge >= 0.3 is 14.8 Å². The lowest BCUT2D eigenvalue weighted by atomic mass is 10.3. The van der Waals surface area contributed by atoms with Crippen LogP contribution >= 0.6 is 0 Å². The van der Waals surface area contributed by atoms with E-state index in [4.69, 9.17) is 18.0 Å². The summed E-state index contributed by atoms with van der Waals surface area (Å²) in [6, 6.07) is 0.658. The van der Waals surface area contributed by atoms with E-state index in [1.807, 2.05) is 20.8 Å². The first-order valence-corrected chi connectivity index (χ1v) is 9.64. The SMILES string of the molecule is CCCCOC(=O)CCC[Si](OCC)(OCC)OCC. The van der Waals surface area contributed by atoms with E-state index < -0.39 is 8.80 Å². The van der Waals surface area contributed by atoms with E-state index in [0.717, 1.165) is 12.8 Å². The van der Waals surface area contributed by atoms with Crippen LogP contribution in [0.4, 0.5) is 0 Å². The van der Waals surface area contributed by atoms with Gasteiger partial charge in [0, 0.05) is 32.3 Å². The van der Waals surface area contributed by atoms with Crippen molar-refractivity contribution < 1.29 is 22.8 Å². The molecule has 0 aromatic rings. The molecule has 6 heteroatoms. The highest BCUT2D eigenvalue weighted by atomic mass is 28.4. The van der Waals surface area contributed by atoms with E-state index >= 15 is 0 Å². The number of unbranched alkanes of at least 4 members (excludes halogenated alkanes) is 1. The maximum atomic E-state index is 11.5. The standard InChI is InChI=1S/C14H30O5Si/c1-5-9-12-16-14(15)11-10-13-20(17-6-2,18-7-3)19-8-4/h5-13H2,1-4H3. The number of ether oxygens (including phenoxy) is 1. The first kappa shape index (κ1) is 19.6. The molecule has 0 rings (SSSR count). The van der Waals surface area contributed by atoms with Crippen LogP contribution in [0.2, 0.25) is 6.04 Å². The Morgan fingerprint density at radius 1 is 0.900 bits per heavy atom. The Bertz CT molecular complexity index is 231. The minimum atomic E-state index is -2.61. The highest BCUT2D eigenvalue weighted by Crippen LogP contribution is 2.19. The summed E-state index contributed by atoms with van der Waals surface area (Å²) in [5.41, 5.74) is 0. The second-order valence-corrected chi connectivity index (χ2v) is 7.14. The van der Waals surface area contributed by atoms with Gasteiger partial charge in [-0.1, -0.05) is 13.3 Å². The first-order valence-electron chi connectivity index (χ1n) is 7.71. The van der Waals surface area contributed by atoms with Crippen LogP contribution in [0.25, 0.3) is 0 Å². The summed E-state index contributed by atoms with van der Waals surface area (Å²) >= 11 is 0. The molecule has 0 N–H and O–H groups in total. The molecule has 0 radical (unpaired) electrons. The molecule has 0 aliphatic rings. The number of carbonyl (C=O) groups excluding carboxylic acids is 1. The van der Waals surface area contributed by atoms with Gasteiger partial charge in [-0.15, -0.1) is 0 Å². The molecule has 0 fully saturated rings. The van der Waals surface area contributed by atoms with Gasteiger partial charge in [-0.05, 0) is 33.6 Å². The molecule has 0 amide bonds. The van der Waals surface area contributed by atoms with Crippen molar-refractivity contribution in [3.8, 4) is 0 Å². The van der Waals surface area contributed by atoms with E-state index in [-0.39, 0.29) is 5.97 Å². The number of rotatable bonds is 13. The van der Waals surface area contributed by atoms with Gasteiger partial charge in [0.15, 0.2) is 0 Å². The fourth-order valence-electron chi connectivity index (χ4n) is 1.85. The molecule has 0 bridgehead atoms. The summed E-state index contributed by atoms with van der Waals surface area (Å²) in [5, 5.41) is 0. The zero-order valence-electron chi connectivity index (χ0n) is 13.4. The molecule has 0 aromatic heterocycles. The van der Waals surface area contributed by atoms with Crippen LogP contribution in [0.3, 0.4) is 0 Å². The van der Waals surface area contributed by atoms with Crippen LogP contribution in [0.5, 0.6) is 0 Å². The number of hydrogen-bond donors (Lipinski definition) is 0. The topological polar surface area (TPSA) is 54.0 Å². The van der Waals surface area contributed by atoms with E-state index in [9.17, 15) is 4.79 Å². The zero-order chi connectivity index (χ0) is 15.3. The van der Waals surface area contributed by atoms with Gasteiger partial charge in [0.25, 0.3) is 0 Å². The number of esters is 1. The molecule has 5 nitrogen and oxygen atoms in total. The highest BCUT2D eigenvalue weighted by Gasteiger charge is 2.39. The first-order chi connectivity index (χ1) is 9.64. The van der Waals surface area contributed by atoms with Crippen molar-refractivity contribution >= 4 is 14.8 Å². The van der Waals surface area contributed by atoms with Crippen LogP contribution < -0.4 is 0 Å². The predicted octanol–water partition coefficient (Wildman–Crippen LogP) is 3.16. The summed E-state index contributed by atoms with van der Waals surface area (Å²) in [5.74, 6) is -0.147. The molecule has 0 aliphatic heterocycles. The minimum Gasteiger partial charge on any atom is -0.466 e. The predicted molar refractivity (Wildman–Crippen MR) is 80.5 cm³/mol. The second-order valence-electron chi connectivity index (χ2n) is 4.41. The Balaban J connectivity index is 4.13. The average Bonchev–Trinajstić information content (AvgIpc) is 2.40. The Kier molecular flexibility index (Phi) is 12.1. The Morgan fingerprint density at radius 3 is 1.90 bits per heavy atom. The third-order valence-electron chi connectivity index (χ3n) is 2.72. The second kappa shape index (κ2) is 12.3. The third-order valence-corrected chi connectivity index (χ3v) is 5.87. The molecule has 20 heavy (non-hydrogen) atoms. The third kappa shape index (κ3) is 8.68. The van der Waals surface area contributed by atoms with Crippen LogP contribution in [0.15, 0.2) is 0 Å². The summed E-state index contributed by atoms with van der Waals surface area (Å²) in [7, 11) is -2.61. The fourth-order valence-corrected chi connectivity index (χ4v) is 4.47. The van der Waals surface area contributed by atoms with Gasteiger partial charge in [-0.25, -0.2) is 0 Å². The normalized spacial score (nSPS) is 11.6. The fraction of sp³-hybridized carbons (Fsp3) is 0.929. The Morgan fingerprint density at radius 2 is 1.45 bits per heavy atom. The molecule has 0 aliphatic carbocycles. The summed E-state index contributed by atoms with van der Waals surface area (Å²) < 4.78 is 22.3. The van der Waals surface area contributed by atoms with Gasteiger partial charge < -0.3 is 18.0 Å². The Hall–Kier alpha value is -0.433. The summed E-state index contributed by atoms with van der Waals surface area (Å²) in [6.07, 6.45) is 3.02. The molecule has 0 saturated heterocycles. The smallest absolute Gasteiger partial charge is 0.466 e. The number of hydrogen-bond acceptors (Lipinski definition) is 5. The molecule has 0 aromatic carbocycles. The van der Waals surface area contributed by atoms with Crippen LogP contribution in [-0.4, -0.2) is 41.2 Å². The van der Waals surface area contributed by atoms with Crippen molar-refractivity contribution in [1.82, 2.24) is 0 Å². The van der Waals surface area contributed by atoms with Gasteiger partial charge in [0.2, 0.25) is 0 Å². The molecule has 120 valence electrons. The minimum absolute atomic E-state index is 0.147. The maximum absolute atomic E-state index is 11.5. The lowest BCUT2D eigenvalue weighted by molar-refractivity contribution is -0.143. The quantitative estimate of drug-likeness (QED) is 0.297. The molecule has 0 unspecified atom stereocenters. The van der Waals surface area contributed by atoms with E-state index in [1.54, 1.807) is 0 Å². The zero-order valence-corrected chi connectivity index (χ0v) is 14.4. The molecular formula is C14H30O5Si. The van der Waals surface area contributed by atoms with Gasteiger partial charge in [0.1, 0.15) is 0 Å². The largest absolute Gasteiger partial charge is 0.500 e. The molecular weight excluding hydrogens is 276 g/mol. The molecule has 0 heterocycles. The van der Waals surface area contributed by atoms with Gasteiger partial charge in [-0.2, -0.15) is 0 Å². The lowest BCUT2D eigenvalue weighted by Crippen LogP contribution is -2.46. The Labute approximate surface area is 124 Å². The lowest BCUT2D eigenvalue weighted by Gasteiger charge is -2.28. The monoisotopic (exact) mass is 306 g/mol. The van der Waals surface area contributed by atoms with Crippen molar-refractivity contribution in [2.45, 2.75) is 59.4 Å². The molecule has 0 saturated carbocycles. The van der Waals surface area contributed by atoms with Crippen molar-refractivity contribution in [1.29, 1.82) is 0 Å². The van der Waals surface area contributed by atoms with Crippen LogP contribution in [0, 0.1) is 0 Å². The van der Waals surface area contributed by atoms with Crippen molar-refractivity contribution in [2.75, 3.05) is 26.4 Å². The van der Waals surface area contributed by atoms with Crippen molar-refractivity contribution in [3.63, 3.8) is 0 Å². The molecule has 0 atom stereocenters. The van der Waals surface area contributed by atoms with Gasteiger partial charge in [0.05, 0.1) is 6.61 Å². The van der Waals surface area contributed by atoms with Crippen molar-refractivity contribution in [2.24, 2.45) is 0 Å². The van der Waals surface area contributed by atoms with E-state index in [2.05, 4.69) is 6.92 Å². The van der Waals surface area contributed by atoms with Crippen molar-refractivity contribution in [3.05, 3.63) is 0 Å². The van der Waals surface area contributed by atoms with Crippen LogP contribution in [0.1, 0.15) is 53.4 Å². The highest BCUT2D eigenvalue weighted by molar-refractivity contribution is 6.60. The van der Waals surface area contributed by atoms with E-state index in [1.165, 1.54) is 0 Å². The van der Waals surface area contributed by atoms with E-state index in [0.29, 0.717) is 45.3 Å². The number of carbonyl (C=O) groups is 1. The average molecular weight is 306 g/mol. The van der Waals surface area contributed by atoms with Crippen LogP contribution in [-0.2, 0) is 22.8 Å². The van der Waals surface area contributed by atoms with Gasteiger partial charge in [-0.3, -0.25) is 4.79 Å².